The standard InChI is InChI=1S/C29H25ClN4O2S/c1-18-12-14-21(15-13-18)33-25(35)17-37-29-23(16-31)27(22-10-6-7-11-24(22)30)26(19(2)32-29)28(36)34-20-8-4-3-5-9-20/h3-15,27,32H,17H2,1-2H3,(H,33,35)(H,34,36). The number of halogens is 1. The van der Waals surface area contributed by atoms with Crippen LogP contribution in [0.4, 0.5) is 11.4 Å². The molecule has 37 heavy (non-hydrogen) atoms. The first kappa shape index (κ1) is 26.1. The Morgan fingerprint density at radius 2 is 1.59 bits per heavy atom. The highest BCUT2D eigenvalue weighted by atomic mass is 35.5. The third-order valence-corrected chi connectivity index (χ3v) is 7.18. The molecule has 3 aromatic rings. The third kappa shape index (κ3) is 6.23. The van der Waals surface area contributed by atoms with Gasteiger partial charge in [-0.15, -0.1) is 0 Å². The van der Waals surface area contributed by atoms with Gasteiger partial charge in [0.2, 0.25) is 5.91 Å². The molecule has 2 amide bonds. The quantitative estimate of drug-likeness (QED) is 0.332. The van der Waals surface area contributed by atoms with Gasteiger partial charge >= 0.3 is 0 Å². The number of carbonyl (C=O) groups is 2. The minimum Gasteiger partial charge on any atom is -0.353 e. The Labute approximate surface area is 225 Å². The van der Waals surface area contributed by atoms with Gasteiger partial charge in [0.05, 0.1) is 28.3 Å². The van der Waals surface area contributed by atoms with Gasteiger partial charge in [-0.05, 0) is 49.7 Å². The molecule has 0 radical (unpaired) electrons. The van der Waals surface area contributed by atoms with Gasteiger partial charge in [-0.2, -0.15) is 5.26 Å². The summed E-state index contributed by atoms with van der Waals surface area (Å²) in [6.45, 7) is 3.76. The van der Waals surface area contributed by atoms with E-state index < -0.39 is 5.92 Å². The number of dihydropyridines is 1. The highest BCUT2D eigenvalue weighted by molar-refractivity contribution is 8.03. The molecule has 0 saturated heterocycles. The second-order valence-corrected chi connectivity index (χ2v) is 9.89. The fraction of sp³-hybridized carbons (Fsp3) is 0.138. The van der Waals surface area contributed by atoms with Crippen molar-refractivity contribution in [3.63, 3.8) is 0 Å². The SMILES string of the molecule is CC1=C(C(=O)Nc2ccccc2)C(c2ccccc2Cl)C(C#N)=C(SCC(=O)Nc2ccc(C)cc2)N1. The normalized spacial score (nSPS) is 15.0. The van der Waals surface area contributed by atoms with E-state index in [0.29, 0.717) is 43.8 Å². The molecule has 1 aliphatic rings. The molecular weight excluding hydrogens is 504 g/mol. The second-order valence-electron chi connectivity index (χ2n) is 8.50. The zero-order valence-electron chi connectivity index (χ0n) is 20.3. The summed E-state index contributed by atoms with van der Waals surface area (Å²) < 4.78 is 0. The third-order valence-electron chi connectivity index (χ3n) is 5.82. The zero-order chi connectivity index (χ0) is 26.4. The van der Waals surface area contributed by atoms with Gasteiger partial charge in [0.15, 0.2) is 0 Å². The molecule has 8 heteroatoms. The number of thioether (sulfide) groups is 1. The van der Waals surface area contributed by atoms with Crippen molar-refractivity contribution in [2.24, 2.45) is 0 Å². The summed E-state index contributed by atoms with van der Waals surface area (Å²) >= 11 is 7.77. The van der Waals surface area contributed by atoms with Crippen LogP contribution in [-0.4, -0.2) is 17.6 Å². The molecule has 0 fully saturated rings. The fourth-order valence-corrected chi connectivity index (χ4v) is 5.18. The number of hydrogen-bond donors (Lipinski definition) is 3. The highest BCUT2D eigenvalue weighted by Gasteiger charge is 2.35. The van der Waals surface area contributed by atoms with E-state index in [2.05, 4.69) is 22.0 Å². The summed E-state index contributed by atoms with van der Waals surface area (Å²) in [6, 6.07) is 26.1. The number of hydrogen-bond acceptors (Lipinski definition) is 5. The molecule has 1 unspecified atom stereocenters. The lowest BCUT2D eigenvalue weighted by Gasteiger charge is -2.30. The monoisotopic (exact) mass is 528 g/mol. The zero-order valence-corrected chi connectivity index (χ0v) is 21.9. The molecule has 0 saturated carbocycles. The molecule has 1 atom stereocenters. The molecule has 6 nitrogen and oxygen atoms in total. The number of carbonyl (C=O) groups excluding carboxylic acids is 2. The molecule has 0 spiro atoms. The Bertz CT molecular complexity index is 1430. The number of amides is 2. The van der Waals surface area contributed by atoms with Gasteiger partial charge in [-0.25, -0.2) is 0 Å². The van der Waals surface area contributed by atoms with Crippen LogP contribution in [0.25, 0.3) is 0 Å². The van der Waals surface area contributed by atoms with Gasteiger partial charge in [-0.3, -0.25) is 9.59 Å². The van der Waals surface area contributed by atoms with Crippen LogP contribution >= 0.6 is 23.4 Å². The predicted molar refractivity (Wildman–Crippen MR) is 150 cm³/mol. The van der Waals surface area contributed by atoms with Gasteiger partial charge in [-0.1, -0.05) is 77.5 Å². The van der Waals surface area contributed by atoms with E-state index in [1.165, 1.54) is 11.8 Å². The second kappa shape index (κ2) is 11.8. The lowest BCUT2D eigenvalue weighted by Crippen LogP contribution is -2.31. The fourth-order valence-electron chi connectivity index (χ4n) is 4.04. The molecular formula is C29H25ClN4O2S. The highest BCUT2D eigenvalue weighted by Crippen LogP contribution is 2.43. The van der Waals surface area contributed by atoms with Crippen LogP contribution in [0.3, 0.4) is 0 Å². The average molecular weight is 529 g/mol. The molecule has 4 rings (SSSR count). The molecule has 3 N–H and O–H groups in total. The molecule has 0 bridgehead atoms. The topological polar surface area (TPSA) is 94.0 Å². The Kier molecular flexibility index (Phi) is 8.34. The number of anilines is 2. The summed E-state index contributed by atoms with van der Waals surface area (Å²) in [5.74, 6) is -1.17. The van der Waals surface area contributed by atoms with Crippen molar-refractivity contribution in [2.75, 3.05) is 16.4 Å². The van der Waals surface area contributed by atoms with Crippen LogP contribution in [0.1, 0.15) is 24.0 Å². The first-order valence-corrected chi connectivity index (χ1v) is 13.0. The van der Waals surface area contributed by atoms with E-state index >= 15 is 0 Å². The molecule has 1 heterocycles. The summed E-state index contributed by atoms with van der Waals surface area (Å²) in [5, 5.41) is 20.2. The Hall–Kier alpha value is -3.99. The summed E-state index contributed by atoms with van der Waals surface area (Å²) in [7, 11) is 0. The number of benzene rings is 3. The summed E-state index contributed by atoms with van der Waals surface area (Å²) in [4.78, 5) is 26.1. The van der Waals surface area contributed by atoms with Crippen LogP contribution in [0.2, 0.25) is 5.02 Å². The lowest BCUT2D eigenvalue weighted by molar-refractivity contribution is -0.114. The van der Waals surface area contributed by atoms with Crippen molar-refractivity contribution in [3.05, 3.63) is 117 Å². The Morgan fingerprint density at radius 3 is 2.27 bits per heavy atom. The van der Waals surface area contributed by atoms with Gasteiger partial charge in [0.25, 0.3) is 5.91 Å². The van der Waals surface area contributed by atoms with Crippen molar-refractivity contribution in [1.82, 2.24) is 5.32 Å². The predicted octanol–water partition coefficient (Wildman–Crippen LogP) is 6.36. The average Bonchev–Trinajstić information content (AvgIpc) is 2.89. The maximum atomic E-state index is 13.5. The van der Waals surface area contributed by atoms with Crippen molar-refractivity contribution in [1.29, 1.82) is 5.26 Å². The number of rotatable bonds is 7. The molecule has 0 aromatic heterocycles. The smallest absolute Gasteiger partial charge is 0.254 e. The van der Waals surface area contributed by atoms with Crippen molar-refractivity contribution in [3.8, 4) is 6.07 Å². The van der Waals surface area contributed by atoms with Crippen molar-refractivity contribution < 1.29 is 9.59 Å². The lowest BCUT2D eigenvalue weighted by atomic mass is 9.82. The van der Waals surface area contributed by atoms with E-state index in [1.54, 1.807) is 31.2 Å². The Balaban J connectivity index is 1.63. The number of aryl methyl sites for hydroxylation is 1. The number of allylic oxidation sites excluding steroid dienone is 2. The minimum absolute atomic E-state index is 0.0788. The minimum atomic E-state index is -0.702. The Morgan fingerprint density at radius 1 is 0.946 bits per heavy atom. The number of nitrogens with zero attached hydrogens (tertiary/aromatic N) is 1. The van der Waals surface area contributed by atoms with E-state index in [4.69, 9.17) is 11.6 Å². The first-order chi connectivity index (χ1) is 17.9. The maximum Gasteiger partial charge on any atom is 0.254 e. The largest absolute Gasteiger partial charge is 0.353 e. The van der Waals surface area contributed by atoms with Crippen molar-refractivity contribution in [2.45, 2.75) is 19.8 Å². The van der Waals surface area contributed by atoms with E-state index in [9.17, 15) is 14.9 Å². The van der Waals surface area contributed by atoms with Crippen LogP contribution in [0, 0.1) is 18.3 Å². The molecule has 3 aromatic carbocycles. The van der Waals surface area contributed by atoms with Crippen molar-refractivity contribution >= 4 is 46.6 Å². The molecule has 0 aliphatic carbocycles. The van der Waals surface area contributed by atoms with Crippen LogP contribution < -0.4 is 16.0 Å². The molecule has 186 valence electrons. The van der Waals surface area contributed by atoms with Gasteiger partial charge < -0.3 is 16.0 Å². The maximum absolute atomic E-state index is 13.5. The van der Waals surface area contributed by atoms with Gasteiger partial charge in [0.1, 0.15) is 0 Å². The van der Waals surface area contributed by atoms with Gasteiger partial charge in [0, 0.05) is 27.7 Å². The van der Waals surface area contributed by atoms with E-state index in [0.717, 1.165) is 5.56 Å². The van der Waals surface area contributed by atoms with Crippen LogP contribution in [0.5, 0.6) is 0 Å². The summed E-state index contributed by atoms with van der Waals surface area (Å²) in [5.41, 5.74) is 4.38. The number of para-hydroxylation sites is 1. The summed E-state index contributed by atoms with van der Waals surface area (Å²) in [6.07, 6.45) is 0. The molecule has 1 aliphatic heterocycles. The van der Waals surface area contributed by atoms with Crippen LogP contribution in [0.15, 0.2) is 101 Å². The van der Waals surface area contributed by atoms with Crippen LogP contribution in [-0.2, 0) is 9.59 Å². The first-order valence-electron chi connectivity index (χ1n) is 11.6. The number of nitriles is 1. The van der Waals surface area contributed by atoms with E-state index in [-0.39, 0.29) is 17.6 Å². The number of nitrogens with one attached hydrogen (secondary N) is 3. The van der Waals surface area contributed by atoms with E-state index in [1.807, 2.05) is 61.5 Å².